The van der Waals surface area contributed by atoms with Gasteiger partial charge in [-0.3, -0.25) is 0 Å². The second-order valence-electron chi connectivity index (χ2n) is 5.20. The fourth-order valence-electron chi connectivity index (χ4n) is 1.95. The summed E-state index contributed by atoms with van der Waals surface area (Å²) < 4.78 is 5.51. The van der Waals surface area contributed by atoms with Gasteiger partial charge in [0.25, 0.3) is 0 Å². The molecule has 0 aliphatic carbocycles. The minimum Gasteiger partial charge on any atom is -0.489 e. The summed E-state index contributed by atoms with van der Waals surface area (Å²) in [7, 11) is 0. The van der Waals surface area contributed by atoms with Gasteiger partial charge < -0.3 is 15.2 Å². The molecular weight excluding hydrogens is 274 g/mol. The quantitative estimate of drug-likeness (QED) is 0.648. The fraction of sp³-hybridized carbons (Fsp3) is 0.625. The number of benzene rings is 1. The summed E-state index contributed by atoms with van der Waals surface area (Å²) in [6.07, 6.45) is 4.36. The van der Waals surface area contributed by atoms with Crippen LogP contribution < -0.4 is 10.1 Å². The molecule has 0 fully saturated rings. The van der Waals surface area contributed by atoms with Crippen molar-refractivity contribution in [1.29, 1.82) is 0 Å². The van der Waals surface area contributed by atoms with Crippen molar-refractivity contribution >= 4 is 11.6 Å². The van der Waals surface area contributed by atoms with E-state index in [1.54, 1.807) is 12.1 Å². The molecule has 0 heterocycles. The second kappa shape index (κ2) is 10.0. The van der Waals surface area contributed by atoms with Crippen molar-refractivity contribution in [2.45, 2.75) is 51.7 Å². The first-order valence-corrected chi connectivity index (χ1v) is 7.80. The van der Waals surface area contributed by atoms with Gasteiger partial charge in [0, 0.05) is 12.6 Å². The number of unbranched alkanes of at least 4 members (excludes halogenated alkanes) is 2. The van der Waals surface area contributed by atoms with Crippen LogP contribution in [0, 0.1) is 0 Å². The molecule has 4 heteroatoms. The maximum atomic E-state index is 9.89. The molecular formula is C16H26ClNO2. The average molecular weight is 300 g/mol. The van der Waals surface area contributed by atoms with Crippen LogP contribution in [-0.2, 0) is 0 Å². The van der Waals surface area contributed by atoms with Crippen LogP contribution in [-0.4, -0.2) is 30.4 Å². The maximum absolute atomic E-state index is 9.89. The Hall–Kier alpha value is -0.770. The third-order valence-corrected chi connectivity index (χ3v) is 3.52. The molecule has 3 nitrogen and oxygen atoms in total. The molecule has 1 aromatic rings. The number of aliphatic hydroxyl groups excluding tert-OH is 1. The lowest BCUT2D eigenvalue weighted by Gasteiger charge is -2.17. The van der Waals surface area contributed by atoms with Gasteiger partial charge in [-0.05, 0) is 25.5 Å². The largest absolute Gasteiger partial charge is 0.489 e. The normalized spacial score (nSPS) is 14.0. The van der Waals surface area contributed by atoms with Gasteiger partial charge in [0.15, 0.2) is 0 Å². The van der Waals surface area contributed by atoms with E-state index in [4.69, 9.17) is 16.3 Å². The zero-order chi connectivity index (χ0) is 14.8. The Morgan fingerprint density at radius 1 is 1.30 bits per heavy atom. The fourth-order valence-corrected chi connectivity index (χ4v) is 2.14. The molecule has 2 N–H and O–H groups in total. The summed E-state index contributed by atoms with van der Waals surface area (Å²) in [5.41, 5.74) is 0. The zero-order valence-electron chi connectivity index (χ0n) is 12.4. The Labute approximate surface area is 127 Å². The van der Waals surface area contributed by atoms with E-state index in [2.05, 4.69) is 19.2 Å². The molecule has 2 atom stereocenters. The molecule has 0 aliphatic rings. The van der Waals surface area contributed by atoms with Gasteiger partial charge in [0.1, 0.15) is 18.5 Å². The Balaban J connectivity index is 2.17. The van der Waals surface area contributed by atoms with Crippen LogP contribution in [0.15, 0.2) is 24.3 Å². The number of rotatable bonds is 10. The van der Waals surface area contributed by atoms with Crippen molar-refractivity contribution in [2.75, 3.05) is 13.2 Å². The predicted octanol–water partition coefficient (Wildman–Crippen LogP) is 3.64. The van der Waals surface area contributed by atoms with Crippen molar-refractivity contribution in [1.82, 2.24) is 5.32 Å². The van der Waals surface area contributed by atoms with E-state index in [1.807, 2.05) is 12.1 Å². The number of nitrogens with one attached hydrogen (secondary N) is 1. The summed E-state index contributed by atoms with van der Waals surface area (Å²) in [4.78, 5) is 0. The van der Waals surface area contributed by atoms with E-state index in [0.717, 1.165) is 6.42 Å². The SMILES string of the molecule is CCCCCC(C)NCC(O)COc1ccccc1Cl. The molecule has 0 amide bonds. The van der Waals surface area contributed by atoms with Gasteiger partial charge in [-0.25, -0.2) is 0 Å². The van der Waals surface area contributed by atoms with Crippen LogP contribution >= 0.6 is 11.6 Å². The predicted molar refractivity (Wildman–Crippen MR) is 84.6 cm³/mol. The molecule has 1 rings (SSSR count). The topological polar surface area (TPSA) is 41.5 Å². The van der Waals surface area contributed by atoms with Crippen LogP contribution in [0.1, 0.15) is 39.5 Å². The lowest BCUT2D eigenvalue weighted by Crippen LogP contribution is -2.36. The van der Waals surface area contributed by atoms with Crippen molar-refractivity contribution < 1.29 is 9.84 Å². The minimum absolute atomic E-state index is 0.248. The first-order chi connectivity index (χ1) is 9.63. The van der Waals surface area contributed by atoms with Crippen molar-refractivity contribution in [3.05, 3.63) is 29.3 Å². The highest BCUT2D eigenvalue weighted by atomic mass is 35.5. The third kappa shape index (κ3) is 7.13. The summed E-state index contributed by atoms with van der Waals surface area (Å²) in [6, 6.07) is 7.72. The second-order valence-corrected chi connectivity index (χ2v) is 5.61. The van der Waals surface area contributed by atoms with Gasteiger partial charge in [0.05, 0.1) is 5.02 Å². The Morgan fingerprint density at radius 3 is 2.75 bits per heavy atom. The summed E-state index contributed by atoms with van der Waals surface area (Å²) >= 11 is 5.98. The first kappa shape index (κ1) is 17.3. The van der Waals surface area contributed by atoms with E-state index in [0.29, 0.717) is 23.4 Å². The van der Waals surface area contributed by atoms with E-state index in [-0.39, 0.29) is 6.61 Å². The van der Waals surface area contributed by atoms with Crippen LogP contribution in [0.4, 0.5) is 0 Å². The van der Waals surface area contributed by atoms with Gasteiger partial charge in [0.2, 0.25) is 0 Å². The smallest absolute Gasteiger partial charge is 0.138 e. The highest BCUT2D eigenvalue weighted by molar-refractivity contribution is 6.32. The van der Waals surface area contributed by atoms with Gasteiger partial charge in [-0.15, -0.1) is 0 Å². The molecule has 1 aromatic carbocycles. The Kier molecular flexibility index (Phi) is 8.67. The molecule has 20 heavy (non-hydrogen) atoms. The van der Waals surface area contributed by atoms with Crippen molar-refractivity contribution in [2.24, 2.45) is 0 Å². The van der Waals surface area contributed by atoms with Crippen LogP contribution in [0.2, 0.25) is 5.02 Å². The lowest BCUT2D eigenvalue weighted by atomic mass is 10.1. The standard InChI is InChI=1S/C16H26ClNO2/c1-3-4-5-8-13(2)18-11-14(19)12-20-16-10-7-6-9-15(16)17/h6-7,9-10,13-14,18-19H,3-5,8,11-12H2,1-2H3. The minimum atomic E-state index is -0.528. The van der Waals surface area contributed by atoms with E-state index >= 15 is 0 Å². The van der Waals surface area contributed by atoms with Crippen LogP contribution in [0.5, 0.6) is 5.75 Å². The summed E-state index contributed by atoms with van der Waals surface area (Å²) in [5, 5.41) is 13.8. The summed E-state index contributed by atoms with van der Waals surface area (Å²) in [5.74, 6) is 0.615. The van der Waals surface area contributed by atoms with Crippen molar-refractivity contribution in [3.8, 4) is 5.75 Å². The first-order valence-electron chi connectivity index (χ1n) is 7.42. The number of hydrogen-bond donors (Lipinski definition) is 2. The Morgan fingerprint density at radius 2 is 2.05 bits per heavy atom. The molecule has 0 aromatic heterocycles. The van der Waals surface area contributed by atoms with Gasteiger partial charge in [-0.1, -0.05) is 49.9 Å². The molecule has 114 valence electrons. The molecule has 0 spiro atoms. The molecule has 0 bridgehead atoms. The number of ether oxygens (including phenoxy) is 1. The average Bonchev–Trinajstić information content (AvgIpc) is 2.44. The van der Waals surface area contributed by atoms with E-state index < -0.39 is 6.10 Å². The maximum Gasteiger partial charge on any atom is 0.138 e. The van der Waals surface area contributed by atoms with Crippen molar-refractivity contribution in [3.63, 3.8) is 0 Å². The number of halogens is 1. The Bertz CT molecular complexity index is 373. The number of para-hydroxylation sites is 1. The van der Waals surface area contributed by atoms with Crippen LogP contribution in [0.3, 0.4) is 0 Å². The zero-order valence-corrected chi connectivity index (χ0v) is 13.2. The molecule has 0 saturated heterocycles. The number of hydrogen-bond acceptors (Lipinski definition) is 3. The van der Waals surface area contributed by atoms with Gasteiger partial charge in [-0.2, -0.15) is 0 Å². The van der Waals surface area contributed by atoms with E-state index in [9.17, 15) is 5.11 Å². The van der Waals surface area contributed by atoms with E-state index in [1.165, 1.54) is 19.3 Å². The monoisotopic (exact) mass is 299 g/mol. The lowest BCUT2D eigenvalue weighted by molar-refractivity contribution is 0.104. The van der Waals surface area contributed by atoms with Crippen LogP contribution in [0.25, 0.3) is 0 Å². The molecule has 0 saturated carbocycles. The molecule has 2 unspecified atom stereocenters. The highest BCUT2D eigenvalue weighted by Crippen LogP contribution is 2.23. The highest BCUT2D eigenvalue weighted by Gasteiger charge is 2.09. The summed E-state index contributed by atoms with van der Waals surface area (Å²) in [6.45, 7) is 5.14. The molecule has 0 aliphatic heterocycles. The van der Waals surface area contributed by atoms with Gasteiger partial charge >= 0.3 is 0 Å². The molecule has 0 radical (unpaired) electrons. The number of aliphatic hydroxyl groups is 1. The third-order valence-electron chi connectivity index (χ3n) is 3.21.